The van der Waals surface area contributed by atoms with Crippen molar-refractivity contribution in [1.29, 1.82) is 0 Å². The van der Waals surface area contributed by atoms with E-state index in [0.717, 1.165) is 0 Å². The molecule has 1 aromatic carbocycles. The van der Waals surface area contributed by atoms with Crippen LogP contribution in [0.1, 0.15) is 5.56 Å². The minimum atomic E-state index is -0.446. The van der Waals surface area contributed by atoms with Gasteiger partial charge in [-0.1, -0.05) is 6.07 Å². The second kappa shape index (κ2) is 3.74. The molecule has 70 valence electrons. The average molecular weight is 246 g/mol. The van der Waals surface area contributed by atoms with E-state index in [2.05, 4.69) is 15.9 Å². The second-order valence-electron chi connectivity index (χ2n) is 2.50. The summed E-state index contributed by atoms with van der Waals surface area (Å²) in [5, 5.41) is 10.7. The summed E-state index contributed by atoms with van der Waals surface area (Å²) in [5.41, 5.74) is 0.599. The highest BCUT2D eigenvalue weighted by Gasteiger charge is 2.20. The summed E-state index contributed by atoms with van der Waals surface area (Å²) in [4.78, 5) is 10.2. The Bertz CT molecular complexity index is 351. The Hall–Kier alpha value is -1.10. The van der Waals surface area contributed by atoms with Crippen LogP contribution in [0.3, 0.4) is 0 Å². The fraction of sp³-hybridized carbons (Fsp3) is 0.250. The Morgan fingerprint density at radius 3 is 2.54 bits per heavy atom. The maximum Gasteiger partial charge on any atom is 0.314 e. The minimum Gasteiger partial charge on any atom is -0.489 e. The molecule has 4 nitrogen and oxygen atoms in total. The minimum absolute atomic E-state index is 0.0110. The van der Waals surface area contributed by atoms with E-state index in [-0.39, 0.29) is 11.4 Å². The molecule has 0 aliphatic carbocycles. The number of aryl methyl sites for hydroxylation is 1. The van der Waals surface area contributed by atoms with Gasteiger partial charge in [0.15, 0.2) is 0 Å². The van der Waals surface area contributed by atoms with Crippen LogP contribution in [0.4, 0.5) is 5.69 Å². The molecule has 0 saturated carbocycles. The SMILES string of the molecule is COc1c(Br)ccc(C)c1[N+](=O)[O-]. The van der Waals surface area contributed by atoms with E-state index in [4.69, 9.17) is 4.74 Å². The third-order valence-electron chi connectivity index (χ3n) is 1.67. The smallest absolute Gasteiger partial charge is 0.314 e. The van der Waals surface area contributed by atoms with Crippen LogP contribution in [0.25, 0.3) is 0 Å². The second-order valence-corrected chi connectivity index (χ2v) is 3.36. The lowest BCUT2D eigenvalue weighted by Gasteiger charge is -2.05. The van der Waals surface area contributed by atoms with Crippen LogP contribution in [0, 0.1) is 17.0 Å². The first-order valence-corrected chi connectivity index (χ1v) is 4.34. The lowest BCUT2D eigenvalue weighted by atomic mass is 10.2. The molecule has 0 bridgehead atoms. The van der Waals surface area contributed by atoms with E-state index < -0.39 is 4.92 Å². The van der Waals surface area contributed by atoms with E-state index in [1.54, 1.807) is 19.1 Å². The Kier molecular flexibility index (Phi) is 2.87. The fourth-order valence-electron chi connectivity index (χ4n) is 1.07. The van der Waals surface area contributed by atoms with E-state index in [9.17, 15) is 10.1 Å². The third-order valence-corrected chi connectivity index (χ3v) is 2.30. The van der Waals surface area contributed by atoms with Crippen molar-refractivity contribution in [2.75, 3.05) is 7.11 Å². The molecular weight excluding hydrogens is 238 g/mol. The van der Waals surface area contributed by atoms with Gasteiger partial charge in [-0.05, 0) is 28.9 Å². The van der Waals surface area contributed by atoms with Gasteiger partial charge >= 0.3 is 5.69 Å². The lowest BCUT2D eigenvalue weighted by Crippen LogP contribution is -1.96. The monoisotopic (exact) mass is 245 g/mol. The number of benzene rings is 1. The molecule has 0 aliphatic rings. The largest absolute Gasteiger partial charge is 0.489 e. The van der Waals surface area contributed by atoms with Crippen LogP contribution < -0.4 is 4.74 Å². The predicted molar refractivity (Wildman–Crippen MR) is 52.1 cm³/mol. The maximum atomic E-state index is 10.7. The lowest BCUT2D eigenvalue weighted by molar-refractivity contribution is -0.386. The molecule has 0 radical (unpaired) electrons. The zero-order valence-electron chi connectivity index (χ0n) is 7.20. The molecule has 0 fully saturated rings. The van der Waals surface area contributed by atoms with Gasteiger partial charge in [0, 0.05) is 5.56 Å². The van der Waals surface area contributed by atoms with Crippen molar-refractivity contribution < 1.29 is 9.66 Å². The summed E-state index contributed by atoms with van der Waals surface area (Å²) < 4.78 is 5.52. The zero-order chi connectivity index (χ0) is 10.0. The van der Waals surface area contributed by atoms with Gasteiger partial charge < -0.3 is 4.74 Å². The number of halogens is 1. The average Bonchev–Trinajstić information content (AvgIpc) is 2.07. The van der Waals surface area contributed by atoms with Crippen molar-refractivity contribution in [3.63, 3.8) is 0 Å². The number of hydrogen-bond donors (Lipinski definition) is 0. The highest BCUT2D eigenvalue weighted by atomic mass is 79.9. The first-order valence-electron chi connectivity index (χ1n) is 3.55. The van der Waals surface area contributed by atoms with Crippen molar-refractivity contribution in [1.82, 2.24) is 0 Å². The molecule has 0 N–H and O–H groups in total. The van der Waals surface area contributed by atoms with Gasteiger partial charge in [-0.25, -0.2) is 0 Å². The number of nitro benzene ring substituents is 1. The van der Waals surface area contributed by atoms with Gasteiger partial charge in [0.2, 0.25) is 5.75 Å². The highest BCUT2D eigenvalue weighted by Crippen LogP contribution is 2.36. The number of nitro groups is 1. The quantitative estimate of drug-likeness (QED) is 0.595. The molecule has 1 rings (SSSR count). The first kappa shape index (κ1) is 9.98. The van der Waals surface area contributed by atoms with Crippen LogP contribution in [0.2, 0.25) is 0 Å². The molecule has 0 unspecified atom stereocenters. The van der Waals surface area contributed by atoms with Crippen molar-refractivity contribution in [2.24, 2.45) is 0 Å². The number of rotatable bonds is 2. The molecule has 0 aromatic heterocycles. The summed E-state index contributed by atoms with van der Waals surface area (Å²) in [5.74, 6) is 0.269. The molecule has 0 atom stereocenters. The zero-order valence-corrected chi connectivity index (χ0v) is 8.79. The highest BCUT2D eigenvalue weighted by molar-refractivity contribution is 9.10. The van der Waals surface area contributed by atoms with E-state index >= 15 is 0 Å². The van der Waals surface area contributed by atoms with Gasteiger partial charge in [-0.3, -0.25) is 10.1 Å². The number of methoxy groups -OCH3 is 1. The molecule has 5 heteroatoms. The van der Waals surface area contributed by atoms with E-state index in [1.165, 1.54) is 7.11 Å². The van der Waals surface area contributed by atoms with Crippen LogP contribution in [0.15, 0.2) is 16.6 Å². The number of hydrogen-bond acceptors (Lipinski definition) is 3. The van der Waals surface area contributed by atoms with Gasteiger partial charge in [0.1, 0.15) is 0 Å². The van der Waals surface area contributed by atoms with Crippen molar-refractivity contribution in [3.8, 4) is 5.75 Å². The normalized spacial score (nSPS) is 9.77. The Labute approximate surface area is 83.8 Å². The van der Waals surface area contributed by atoms with Crippen LogP contribution in [0.5, 0.6) is 5.75 Å². The van der Waals surface area contributed by atoms with Gasteiger partial charge in [-0.2, -0.15) is 0 Å². The van der Waals surface area contributed by atoms with Crippen molar-refractivity contribution in [3.05, 3.63) is 32.3 Å². The van der Waals surface area contributed by atoms with Gasteiger partial charge in [0.25, 0.3) is 0 Å². The summed E-state index contributed by atoms with van der Waals surface area (Å²) in [6.45, 7) is 1.67. The fourth-order valence-corrected chi connectivity index (χ4v) is 1.55. The Balaban J connectivity index is 3.43. The Morgan fingerprint density at radius 2 is 2.15 bits per heavy atom. The third kappa shape index (κ3) is 1.80. The summed E-state index contributed by atoms with van der Waals surface area (Å²) in [6, 6.07) is 3.39. The summed E-state index contributed by atoms with van der Waals surface area (Å²) >= 11 is 3.18. The molecule has 0 amide bonds. The van der Waals surface area contributed by atoms with Crippen molar-refractivity contribution >= 4 is 21.6 Å². The van der Waals surface area contributed by atoms with Gasteiger partial charge in [-0.15, -0.1) is 0 Å². The molecule has 0 aliphatic heterocycles. The predicted octanol–water partition coefficient (Wildman–Crippen LogP) is 2.67. The topological polar surface area (TPSA) is 52.4 Å². The molecule has 0 saturated heterocycles. The first-order chi connectivity index (χ1) is 6.07. The van der Waals surface area contributed by atoms with Gasteiger partial charge in [0.05, 0.1) is 16.5 Å². The van der Waals surface area contributed by atoms with Crippen LogP contribution >= 0.6 is 15.9 Å². The number of ether oxygens (including phenoxy) is 1. The number of nitrogens with zero attached hydrogens (tertiary/aromatic N) is 1. The summed E-state index contributed by atoms with van der Waals surface area (Å²) in [6.07, 6.45) is 0. The summed E-state index contributed by atoms with van der Waals surface area (Å²) in [7, 11) is 1.41. The molecular formula is C8H8BrNO3. The van der Waals surface area contributed by atoms with Crippen LogP contribution in [-0.2, 0) is 0 Å². The standard InChI is InChI=1S/C8H8BrNO3/c1-5-3-4-6(9)8(13-2)7(5)10(11)12/h3-4H,1-2H3. The van der Waals surface area contributed by atoms with E-state index in [0.29, 0.717) is 10.0 Å². The van der Waals surface area contributed by atoms with Crippen LogP contribution in [-0.4, -0.2) is 12.0 Å². The Morgan fingerprint density at radius 1 is 1.54 bits per heavy atom. The van der Waals surface area contributed by atoms with E-state index in [1.807, 2.05) is 0 Å². The molecule has 0 heterocycles. The maximum absolute atomic E-state index is 10.7. The molecule has 0 spiro atoms. The molecule has 1 aromatic rings. The van der Waals surface area contributed by atoms with Crippen molar-refractivity contribution in [2.45, 2.75) is 6.92 Å². The molecule has 13 heavy (non-hydrogen) atoms.